The average Bonchev–Trinajstić information content (AvgIpc) is 3.08. The summed E-state index contributed by atoms with van der Waals surface area (Å²) in [5.41, 5.74) is 0.635. The van der Waals surface area contributed by atoms with Gasteiger partial charge < -0.3 is 4.74 Å². The maximum atomic E-state index is 11.8. The molecule has 2 heterocycles. The van der Waals surface area contributed by atoms with Crippen LogP contribution in [0.4, 0.5) is 5.13 Å². The summed E-state index contributed by atoms with van der Waals surface area (Å²) in [5.74, 6) is 0.265. The molecule has 1 aromatic heterocycles. The van der Waals surface area contributed by atoms with Crippen LogP contribution in [0.15, 0.2) is 35.7 Å². The van der Waals surface area contributed by atoms with Gasteiger partial charge in [0.05, 0.1) is 12.1 Å². The lowest BCUT2D eigenvalue weighted by Crippen LogP contribution is -2.23. The summed E-state index contributed by atoms with van der Waals surface area (Å²) in [5, 5.41) is 2.47. The lowest BCUT2D eigenvalue weighted by atomic mass is 10.3. The molecule has 6 heteroatoms. The zero-order valence-corrected chi connectivity index (χ0v) is 12.1. The molecular formula is C15H14N2O3S. The van der Waals surface area contributed by atoms with Crippen LogP contribution in [-0.4, -0.2) is 23.4 Å². The number of carbonyl (C=O) groups excluding carboxylic acids is 2. The van der Waals surface area contributed by atoms with E-state index in [1.54, 1.807) is 22.4 Å². The Morgan fingerprint density at radius 3 is 2.86 bits per heavy atom. The van der Waals surface area contributed by atoms with Crippen molar-refractivity contribution in [3.05, 3.63) is 41.4 Å². The molecule has 0 bridgehead atoms. The van der Waals surface area contributed by atoms with Crippen LogP contribution in [0.25, 0.3) is 0 Å². The fraction of sp³-hybridized carbons (Fsp3) is 0.267. The molecule has 0 radical (unpaired) electrons. The van der Waals surface area contributed by atoms with Crippen LogP contribution in [0.1, 0.15) is 18.5 Å². The molecule has 3 rings (SSSR count). The molecule has 5 nitrogen and oxygen atoms in total. The Morgan fingerprint density at radius 2 is 2.14 bits per heavy atom. The third-order valence-corrected chi connectivity index (χ3v) is 4.06. The van der Waals surface area contributed by atoms with Crippen molar-refractivity contribution in [1.29, 1.82) is 0 Å². The maximum Gasteiger partial charge on any atom is 0.317 e. The highest BCUT2D eigenvalue weighted by Crippen LogP contribution is 2.25. The zero-order chi connectivity index (χ0) is 14.7. The number of thiazole rings is 1. The number of amides is 1. The lowest BCUT2D eigenvalue weighted by Gasteiger charge is -2.10. The van der Waals surface area contributed by atoms with Gasteiger partial charge in [0.1, 0.15) is 5.75 Å². The molecule has 0 atom stereocenters. The van der Waals surface area contributed by atoms with Crippen LogP contribution in [-0.2, 0) is 16.0 Å². The van der Waals surface area contributed by atoms with Gasteiger partial charge >= 0.3 is 5.97 Å². The second kappa shape index (κ2) is 6.05. The first kappa shape index (κ1) is 13.8. The minimum Gasteiger partial charge on any atom is -0.426 e. The molecule has 2 aromatic rings. The maximum absolute atomic E-state index is 11.8. The van der Waals surface area contributed by atoms with Gasteiger partial charge in [-0.15, -0.1) is 11.3 Å². The molecule has 0 unspecified atom stereocenters. The van der Waals surface area contributed by atoms with Crippen molar-refractivity contribution in [3.8, 4) is 5.75 Å². The molecule has 1 saturated heterocycles. The predicted octanol–water partition coefficient (Wildman–Crippen LogP) is 2.42. The van der Waals surface area contributed by atoms with Crippen molar-refractivity contribution < 1.29 is 14.3 Å². The van der Waals surface area contributed by atoms with Crippen molar-refractivity contribution in [2.45, 2.75) is 19.3 Å². The molecule has 0 aliphatic carbocycles. The molecule has 21 heavy (non-hydrogen) atoms. The number of anilines is 1. The lowest BCUT2D eigenvalue weighted by molar-refractivity contribution is -0.133. The number of nitrogens with zero attached hydrogens (tertiary/aromatic N) is 2. The molecule has 1 fully saturated rings. The highest BCUT2D eigenvalue weighted by Gasteiger charge is 2.24. The number of rotatable bonds is 4. The SMILES string of the molecule is O=C(Cc1csc(N2CCCC2=O)n1)Oc1ccccc1. The second-order valence-corrected chi connectivity index (χ2v) is 5.57. The fourth-order valence-corrected chi connectivity index (χ4v) is 3.02. The first-order chi connectivity index (χ1) is 10.2. The largest absolute Gasteiger partial charge is 0.426 e. The number of aromatic nitrogens is 1. The topological polar surface area (TPSA) is 59.5 Å². The fourth-order valence-electron chi connectivity index (χ4n) is 2.16. The van der Waals surface area contributed by atoms with E-state index in [1.165, 1.54) is 11.3 Å². The molecule has 1 aromatic carbocycles. The summed E-state index contributed by atoms with van der Waals surface area (Å²) in [6, 6.07) is 8.93. The third kappa shape index (κ3) is 3.28. The van der Waals surface area contributed by atoms with Gasteiger partial charge in [0.2, 0.25) is 5.91 Å². The zero-order valence-electron chi connectivity index (χ0n) is 11.3. The second-order valence-electron chi connectivity index (χ2n) is 4.73. The smallest absolute Gasteiger partial charge is 0.317 e. The summed E-state index contributed by atoms with van der Waals surface area (Å²) >= 11 is 1.39. The highest BCUT2D eigenvalue weighted by atomic mass is 32.1. The average molecular weight is 302 g/mol. The van der Waals surface area contributed by atoms with Gasteiger partial charge in [0.25, 0.3) is 0 Å². The number of esters is 1. The Labute approximate surface area is 126 Å². The van der Waals surface area contributed by atoms with E-state index in [0.29, 0.717) is 29.5 Å². The van der Waals surface area contributed by atoms with E-state index in [4.69, 9.17) is 4.74 Å². The predicted molar refractivity (Wildman–Crippen MR) is 79.5 cm³/mol. The van der Waals surface area contributed by atoms with E-state index >= 15 is 0 Å². The van der Waals surface area contributed by atoms with Crippen molar-refractivity contribution in [1.82, 2.24) is 4.98 Å². The highest BCUT2D eigenvalue weighted by molar-refractivity contribution is 7.14. The minimum atomic E-state index is -0.356. The quantitative estimate of drug-likeness (QED) is 0.643. The number of hydrogen-bond acceptors (Lipinski definition) is 5. The van der Waals surface area contributed by atoms with Crippen molar-refractivity contribution in [2.24, 2.45) is 0 Å². The Hall–Kier alpha value is -2.21. The number of hydrogen-bond donors (Lipinski definition) is 0. The van der Waals surface area contributed by atoms with Crippen LogP contribution >= 0.6 is 11.3 Å². The van der Waals surface area contributed by atoms with E-state index in [0.717, 1.165) is 6.42 Å². The van der Waals surface area contributed by atoms with Gasteiger partial charge in [-0.3, -0.25) is 14.5 Å². The molecule has 0 spiro atoms. The first-order valence-corrected chi connectivity index (χ1v) is 7.61. The first-order valence-electron chi connectivity index (χ1n) is 6.73. The normalized spacial score (nSPS) is 14.5. The van der Waals surface area contributed by atoms with Crippen molar-refractivity contribution in [3.63, 3.8) is 0 Å². The molecule has 108 valence electrons. The van der Waals surface area contributed by atoms with Crippen LogP contribution in [0, 0.1) is 0 Å². The number of benzene rings is 1. The van der Waals surface area contributed by atoms with Crippen molar-refractivity contribution in [2.75, 3.05) is 11.4 Å². The van der Waals surface area contributed by atoms with Crippen LogP contribution in [0.5, 0.6) is 5.75 Å². The summed E-state index contributed by atoms with van der Waals surface area (Å²) in [7, 11) is 0. The summed E-state index contributed by atoms with van der Waals surface area (Å²) < 4.78 is 5.22. The Bertz CT molecular complexity index is 654. The van der Waals surface area contributed by atoms with Crippen LogP contribution in [0.2, 0.25) is 0 Å². The summed E-state index contributed by atoms with van der Waals surface area (Å²) in [6.07, 6.45) is 1.54. The van der Waals surface area contributed by atoms with E-state index in [-0.39, 0.29) is 18.3 Å². The van der Waals surface area contributed by atoms with E-state index in [2.05, 4.69) is 4.98 Å². The molecule has 0 saturated carbocycles. The minimum absolute atomic E-state index is 0.0998. The Morgan fingerprint density at radius 1 is 1.33 bits per heavy atom. The number of carbonyl (C=O) groups is 2. The molecule has 1 amide bonds. The van der Waals surface area contributed by atoms with Crippen molar-refractivity contribution >= 4 is 28.3 Å². The standard InChI is InChI=1S/C15H14N2O3S/c18-13-7-4-8-17(13)15-16-11(10-21-15)9-14(19)20-12-5-2-1-3-6-12/h1-3,5-6,10H,4,7-9H2. The monoisotopic (exact) mass is 302 g/mol. The van der Waals surface area contributed by atoms with Gasteiger partial charge in [0, 0.05) is 18.3 Å². The van der Waals surface area contributed by atoms with Gasteiger partial charge in [-0.05, 0) is 18.6 Å². The Balaban J connectivity index is 1.62. The van der Waals surface area contributed by atoms with Crippen LogP contribution in [0.3, 0.4) is 0 Å². The summed E-state index contributed by atoms with van der Waals surface area (Å²) in [4.78, 5) is 29.5. The number of ether oxygens (including phenoxy) is 1. The number of para-hydroxylation sites is 1. The third-order valence-electron chi connectivity index (χ3n) is 3.14. The molecule has 0 N–H and O–H groups in total. The van der Waals surface area contributed by atoms with Gasteiger partial charge in [-0.1, -0.05) is 18.2 Å². The van der Waals surface area contributed by atoms with E-state index < -0.39 is 0 Å². The van der Waals surface area contributed by atoms with Gasteiger partial charge in [-0.25, -0.2) is 4.98 Å². The van der Waals surface area contributed by atoms with Gasteiger partial charge in [-0.2, -0.15) is 0 Å². The van der Waals surface area contributed by atoms with E-state index in [9.17, 15) is 9.59 Å². The van der Waals surface area contributed by atoms with Crippen LogP contribution < -0.4 is 9.64 Å². The molecule has 1 aliphatic heterocycles. The summed E-state index contributed by atoms with van der Waals surface area (Å²) in [6.45, 7) is 0.709. The van der Waals surface area contributed by atoms with Gasteiger partial charge in [0.15, 0.2) is 5.13 Å². The Kier molecular flexibility index (Phi) is 3.96. The molecule has 1 aliphatic rings. The molecular weight excluding hydrogens is 288 g/mol. The van der Waals surface area contributed by atoms with E-state index in [1.807, 2.05) is 18.2 Å².